The summed E-state index contributed by atoms with van der Waals surface area (Å²) in [5.41, 5.74) is 1.39. The quantitative estimate of drug-likeness (QED) is 0.471. The zero-order valence-electron chi connectivity index (χ0n) is 14.4. The topological polar surface area (TPSA) is 116 Å². The van der Waals surface area contributed by atoms with E-state index in [4.69, 9.17) is 4.74 Å². The van der Waals surface area contributed by atoms with Crippen molar-refractivity contribution in [1.82, 2.24) is 40.4 Å². The third kappa shape index (κ3) is 3.18. The number of ether oxygens (including phenoxy) is 1. The predicted octanol–water partition coefficient (Wildman–Crippen LogP) is 1.11. The van der Waals surface area contributed by atoms with E-state index in [1.54, 1.807) is 12.1 Å². The lowest BCUT2D eigenvalue weighted by Crippen LogP contribution is -2.34. The van der Waals surface area contributed by atoms with Crippen LogP contribution in [0.5, 0.6) is 0 Å². The second-order valence-electron chi connectivity index (χ2n) is 5.73. The minimum atomic E-state index is -2.08. The Morgan fingerprint density at radius 3 is 2.04 bits per heavy atom. The second kappa shape index (κ2) is 7.02. The molecule has 0 aliphatic rings. The van der Waals surface area contributed by atoms with E-state index >= 15 is 0 Å². The standard InChI is InChI=1S/C17H15N8O2/c1-27-17(26,16-19-21-23-25(16)14-10-6-3-7-11-14)12-15-18-20-22-24(15)13-8-4-2-5-9-13/h2-11H,12H2,1H3. The summed E-state index contributed by atoms with van der Waals surface area (Å²) in [6.07, 6.45) is -0.168. The number of rotatable bonds is 6. The maximum absolute atomic E-state index is 13.5. The highest BCUT2D eigenvalue weighted by Gasteiger charge is 2.40. The van der Waals surface area contributed by atoms with Crippen molar-refractivity contribution in [2.75, 3.05) is 7.11 Å². The molecule has 0 spiro atoms. The number of tetrazole rings is 2. The highest BCUT2D eigenvalue weighted by molar-refractivity contribution is 5.32. The van der Waals surface area contributed by atoms with Crippen molar-refractivity contribution in [2.45, 2.75) is 12.2 Å². The number of hydrogen-bond donors (Lipinski definition) is 0. The zero-order valence-corrected chi connectivity index (χ0v) is 14.4. The van der Waals surface area contributed by atoms with E-state index in [9.17, 15) is 5.11 Å². The first kappa shape index (κ1) is 16.9. The summed E-state index contributed by atoms with van der Waals surface area (Å²) in [5, 5.41) is 36.6. The molecule has 10 nitrogen and oxygen atoms in total. The van der Waals surface area contributed by atoms with Crippen LogP contribution in [0.1, 0.15) is 11.6 Å². The summed E-state index contributed by atoms with van der Waals surface area (Å²) in [6, 6.07) is 18.4. The molecule has 1 atom stereocenters. The number of methoxy groups -OCH3 is 1. The summed E-state index contributed by atoms with van der Waals surface area (Å²) >= 11 is 0. The Morgan fingerprint density at radius 1 is 0.852 bits per heavy atom. The van der Waals surface area contributed by atoms with Gasteiger partial charge in [0.15, 0.2) is 5.82 Å². The van der Waals surface area contributed by atoms with E-state index in [-0.39, 0.29) is 12.2 Å². The van der Waals surface area contributed by atoms with Crippen LogP contribution in [0, 0.1) is 0 Å². The summed E-state index contributed by atoms with van der Waals surface area (Å²) in [5.74, 6) is -1.74. The molecule has 2 aromatic heterocycles. The first-order chi connectivity index (χ1) is 13.2. The largest absolute Gasteiger partial charge is 0.344 e. The van der Waals surface area contributed by atoms with E-state index in [2.05, 4.69) is 31.1 Å². The van der Waals surface area contributed by atoms with Gasteiger partial charge in [-0.3, -0.25) is 0 Å². The van der Waals surface area contributed by atoms with E-state index in [0.29, 0.717) is 11.5 Å². The van der Waals surface area contributed by atoms with Gasteiger partial charge in [-0.1, -0.05) is 36.4 Å². The monoisotopic (exact) mass is 363 g/mol. The van der Waals surface area contributed by atoms with Gasteiger partial charge in [0.25, 0.3) is 5.79 Å². The maximum atomic E-state index is 13.5. The van der Waals surface area contributed by atoms with Gasteiger partial charge in [0.1, 0.15) is 0 Å². The molecule has 4 aromatic rings. The SMILES string of the molecule is COC([O])(Cc1nnnn1-c1ccccc1)c1nnnn1-c1ccccc1. The summed E-state index contributed by atoms with van der Waals surface area (Å²) in [7, 11) is 1.31. The Kier molecular flexibility index (Phi) is 4.40. The van der Waals surface area contributed by atoms with Crippen LogP contribution in [0.2, 0.25) is 0 Å². The molecule has 27 heavy (non-hydrogen) atoms. The highest BCUT2D eigenvalue weighted by atomic mass is 16.6. The van der Waals surface area contributed by atoms with Crippen molar-refractivity contribution in [1.29, 1.82) is 0 Å². The molecule has 0 aliphatic carbocycles. The number of aromatic nitrogens is 8. The summed E-state index contributed by atoms with van der Waals surface area (Å²) in [4.78, 5) is 0. The molecule has 0 amide bonds. The molecule has 10 heteroatoms. The van der Waals surface area contributed by atoms with Crippen molar-refractivity contribution < 1.29 is 9.84 Å². The van der Waals surface area contributed by atoms with Gasteiger partial charge in [-0.15, -0.1) is 10.2 Å². The lowest BCUT2D eigenvalue weighted by Gasteiger charge is -2.22. The molecule has 135 valence electrons. The van der Waals surface area contributed by atoms with Crippen LogP contribution >= 0.6 is 0 Å². The second-order valence-corrected chi connectivity index (χ2v) is 5.73. The van der Waals surface area contributed by atoms with Gasteiger partial charge >= 0.3 is 0 Å². The van der Waals surface area contributed by atoms with Crippen LogP contribution in [0.4, 0.5) is 0 Å². The number of benzene rings is 2. The Balaban J connectivity index is 1.72. The van der Waals surface area contributed by atoms with Crippen molar-refractivity contribution >= 4 is 0 Å². The van der Waals surface area contributed by atoms with Crippen molar-refractivity contribution in [3.63, 3.8) is 0 Å². The Hall–Kier alpha value is -3.50. The average molecular weight is 363 g/mol. The Morgan fingerprint density at radius 2 is 1.41 bits per heavy atom. The fourth-order valence-electron chi connectivity index (χ4n) is 2.70. The van der Waals surface area contributed by atoms with Crippen LogP contribution in [0.15, 0.2) is 60.7 Å². The average Bonchev–Trinajstić information content (AvgIpc) is 3.39. The normalized spacial score (nSPS) is 13.4. The van der Waals surface area contributed by atoms with Crippen LogP contribution in [-0.2, 0) is 22.1 Å². The highest BCUT2D eigenvalue weighted by Crippen LogP contribution is 2.27. The molecule has 1 unspecified atom stereocenters. The molecule has 0 aliphatic heterocycles. The molecule has 2 aromatic carbocycles. The molecule has 0 fully saturated rings. The predicted molar refractivity (Wildman–Crippen MR) is 91.4 cm³/mol. The van der Waals surface area contributed by atoms with E-state index in [1.807, 2.05) is 48.5 Å². The van der Waals surface area contributed by atoms with Crippen LogP contribution in [0.3, 0.4) is 0 Å². The minimum absolute atomic E-state index is 0.0128. The fraction of sp³-hybridized carbons (Fsp3) is 0.176. The number of nitrogens with zero attached hydrogens (tertiary/aromatic N) is 8. The summed E-state index contributed by atoms with van der Waals surface area (Å²) < 4.78 is 8.12. The Labute approximate surface area is 154 Å². The molecular formula is C17H15N8O2. The molecule has 0 saturated heterocycles. The van der Waals surface area contributed by atoms with Gasteiger partial charge in [0.2, 0.25) is 5.82 Å². The van der Waals surface area contributed by atoms with Crippen LogP contribution < -0.4 is 0 Å². The third-order valence-electron chi connectivity index (χ3n) is 4.07. The first-order valence-corrected chi connectivity index (χ1v) is 8.14. The van der Waals surface area contributed by atoms with Crippen molar-refractivity contribution in [3.8, 4) is 11.4 Å². The van der Waals surface area contributed by atoms with Gasteiger partial charge in [-0.05, 0) is 45.1 Å². The molecule has 0 N–H and O–H groups in total. The molecular weight excluding hydrogens is 348 g/mol. The lowest BCUT2D eigenvalue weighted by molar-refractivity contribution is -0.241. The van der Waals surface area contributed by atoms with Gasteiger partial charge in [-0.2, -0.15) is 14.5 Å². The number of para-hydroxylation sites is 2. The zero-order chi connectivity index (χ0) is 18.7. The van der Waals surface area contributed by atoms with Crippen LogP contribution in [0.25, 0.3) is 11.4 Å². The molecule has 4 rings (SSSR count). The van der Waals surface area contributed by atoms with E-state index < -0.39 is 5.79 Å². The summed E-state index contributed by atoms with van der Waals surface area (Å²) in [6.45, 7) is 0. The maximum Gasteiger partial charge on any atom is 0.271 e. The van der Waals surface area contributed by atoms with Gasteiger partial charge in [0, 0.05) is 7.11 Å². The Bertz CT molecular complexity index is 1020. The molecule has 0 bridgehead atoms. The van der Waals surface area contributed by atoms with Gasteiger partial charge < -0.3 is 4.74 Å². The molecule has 2 heterocycles. The molecule has 1 radical (unpaired) electrons. The number of hydrogen-bond acceptors (Lipinski definition) is 7. The third-order valence-corrected chi connectivity index (χ3v) is 4.07. The van der Waals surface area contributed by atoms with Crippen LogP contribution in [-0.4, -0.2) is 47.5 Å². The van der Waals surface area contributed by atoms with Crippen molar-refractivity contribution in [3.05, 3.63) is 72.3 Å². The minimum Gasteiger partial charge on any atom is -0.344 e. The van der Waals surface area contributed by atoms with E-state index in [0.717, 1.165) is 5.69 Å². The smallest absolute Gasteiger partial charge is 0.271 e. The lowest BCUT2D eigenvalue weighted by atomic mass is 10.1. The van der Waals surface area contributed by atoms with Gasteiger partial charge in [0.05, 0.1) is 17.8 Å². The van der Waals surface area contributed by atoms with Gasteiger partial charge in [-0.25, -0.2) is 0 Å². The molecule has 0 saturated carbocycles. The first-order valence-electron chi connectivity index (χ1n) is 8.14. The van der Waals surface area contributed by atoms with Crippen molar-refractivity contribution in [2.24, 2.45) is 0 Å². The van der Waals surface area contributed by atoms with E-state index in [1.165, 1.54) is 16.5 Å². The fourth-order valence-corrected chi connectivity index (χ4v) is 2.70.